The molecule has 200 valence electrons. The number of fused-ring (bicyclic) bond motifs is 2. The van der Waals surface area contributed by atoms with Crippen LogP contribution in [0.5, 0.6) is 0 Å². The van der Waals surface area contributed by atoms with E-state index in [0.29, 0.717) is 23.6 Å². The molecule has 7 nitrogen and oxygen atoms in total. The molecule has 0 amide bonds. The van der Waals surface area contributed by atoms with Crippen molar-refractivity contribution in [3.63, 3.8) is 0 Å². The van der Waals surface area contributed by atoms with Crippen LogP contribution in [-0.2, 0) is 27.7 Å². The van der Waals surface area contributed by atoms with Gasteiger partial charge in [-0.1, -0.05) is 32.9 Å². The second-order valence-electron chi connectivity index (χ2n) is 12.3. The molecular formula is C29H41N5O2S. The minimum Gasteiger partial charge on any atom is -0.611 e. The molecule has 8 heteroatoms. The van der Waals surface area contributed by atoms with Crippen molar-refractivity contribution in [2.75, 3.05) is 60.8 Å². The summed E-state index contributed by atoms with van der Waals surface area (Å²) in [6.45, 7) is 11.5. The van der Waals surface area contributed by atoms with Crippen molar-refractivity contribution in [3.8, 4) is 0 Å². The van der Waals surface area contributed by atoms with E-state index < -0.39 is 11.2 Å². The molecule has 2 aromatic rings. The van der Waals surface area contributed by atoms with Gasteiger partial charge in [-0.05, 0) is 65.4 Å². The molecule has 2 saturated heterocycles. The summed E-state index contributed by atoms with van der Waals surface area (Å²) in [5.41, 5.74) is 5.50. The number of piperidine rings is 1. The lowest BCUT2D eigenvalue weighted by Crippen LogP contribution is -2.38. The average molecular weight is 524 g/mol. The zero-order valence-electron chi connectivity index (χ0n) is 22.8. The van der Waals surface area contributed by atoms with E-state index in [4.69, 9.17) is 14.7 Å². The van der Waals surface area contributed by atoms with Gasteiger partial charge in [0.25, 0.3) is 0 Å². The van der Waals surface area contributed by atoms with Crippen LogP contribution in [0.15, 0.2) is 23.1 Å². The van der Waals surface area contributed by atoms with Gasteiger partial charge in [-0.3, -0.25) is 0 Å². The van der Waals surface area contributed by atoms with Gasteiger partial charge in [0, 0.05) is 64.0 Å². The summed E-state index contributed by atoms with van der Waals surface area (Å²) in [6.07, 6.45) is 4.98. The number of aryl methyl sites for hydroxylation is 1. The fourth-order valence-electron chi connectivity index (χ4n) is 6.52. The third-order valence-corrected chi connectivity index (χ3v) is 10.3. The summed E-state index contributed by atoms with van der Waals surface area (Å²) >= 11 is -1.01. The zero-order chi connectivity index (χ0) is 25.7. The van der Waals surface area contributed by atoms with Crippen LogP contribution in [0.4, 0.5) is 17.5 Å². The summed E-state index contributed by atoms with van der Waals surface area (Å²) in [5, 5.41) is 3.62. The Morgan fingerprint density at radius 3 is 2.57 bits per heavy atom. The second kappa shape index (κ2) is 9.93. The number of aromatic nitrogens is 2. The van der Waals surface area contributed by atoms with Gasteiger partial charge < -0.3 is 24.4 Å². The minimum atomic E-state index is -1.01. The Hall–Kier alpha value is -2.03. The zero-order valence-corrected chi connectivity index (χ0v) is 23.6. The molecule has 37 heavy (non-hydrogen) atoms. The molecule has 0 saturated carbocycles. The number of nitrogens with zero attached hydrogens (tertiary/aromatic N) is 4. The van der Waals surface area contributed by atoms with E-state index in [-0.39, 0.29) is 5.41 Å². The molecule has 0 radical (unpaired) electrons. The first-order chi connectivity index (χ1) is 17.8. The van der Waals surface area contributed by atoms with Crippen molar-refractivity contribution in [2.24, 2.45) is 5.92 Å². The molecule has 1 aromatic heterocycles. The SMILES string of the molecule is CN1CC(C2CCN(c3nc4c(c(NC5CCOCC5)n3)[S+]([O-])CC4)CC2)c2cc(C(C)(C)C)ccc21. The van der Waals surface area contributed by atoms with Crippen LogP contribution in [0, 0.1) is 5.92 Å². The molecule has 2 atom stereocenters. The highest BCUT2D eigenvalue weighted by Gasteiger charge is 2.37. The molecule has 1 N–H and O–H groups in total. The molecule has 2 fully saturated rings. The quantitative estimate of drug-likeness (QED) is 0.592. The summed E-state index contributed by atoms with van der Waals surface area (Å²) in [6, 6.07) is 7.44. The summed E-state index contributed by atoms with van der Waals surface area (Å²) in [7, 11) is 2.24. The van der Waals surface area contributed by atoms with Crippen LogP contribution in [-0.4, -0.2) is 66.2 Å². The normalized spacial score (nSPS) is 24.9. The van der Waals surface area contributed by atoms with Gasteiger partial charge >= 0.3 is 0 Å². The average Bonchev–Trinajstić information content (AvgIpc) is 3.43. The van der Waals surface area contributed by atoms with Gasteiger partial charge in [0.05, 0.1) is 0 Å². The maximum Gasteiger partial charge on any atom is 0.227 e. The molecule has 5 heterocycles. The topological polar surface area (TPSA) is 76.6 Å². The summed E-state index contributed by atoms with van der Waals surface area (Å²) in [5.74, 6) is 3.51. The van der Waals surface area contributed by atoms with Crippen molar-refractivity contribution in [2.45, 2.75) is 75.1 Å². The number of nitrogens with one attached hydrogen (secondary N) is 1. The van der Waals surface area contributed by atoms with E-state index in [1.807, 2.05) is 0 Å². The van der Waals surface area contributed by atoms with Gasteiger partial charge in [-0.25, -0.2) is 4.98 Å². The van der Waals surface area contributed by atoms with E-state index in [1.165, 1.54) is 16.8 Å². The summed E-state index contributed by atoms with van der Waals surface area (Å²) in [4.78, 5) is 15.6. The van der Waals surface area contributed by atoms with Gasteiger partial charge in [-0.2, -0.15) is 4.98 Å². The Morgan fingerprint density at radius 2 is 1.84 bits per heavy atom. The molecule has 6 rings (SSSR count). The Bertz CT molecular complexity index is 1140. The van der Waals surface area contributed by atoms with Crippen LogP contribution in [0.1, 0.15) is 69.2 Å². The van der Waals surface area contributed by atoms with E-state index in [2.05, 4.69) is 61.1 Å². The highest BCUT2D eigenvalue weighted by molar-refractivity contribution is 7.91. The first kappa shape index (κ1) is 25.3. The Labute approximate surface area is 224 Å². The van der Waals surface area contributed by atoms with Crippen molar-refractivity contribution in [1.29, 1.82) is 0 Å². The largest absolute Gasteiger partial charge is 0.611 e. The van der Waals surface area contributed by atoms with Crippen LogP contribution in [0.25, 0.3) is 0 Å². The van der Waals surface area contributed by atoms with Crippen LogP contribution < -0.4 is 15.1 Å². The summed E-state index contributed by atoms with van der Waals surface area (Å²) < 4.78 is 18.3. The number of likely N-dealkylation sites (N-methyl/N-ethyl adjacent to an activating group) is 1. The lowest BCUT2D eigenvalue weighted by molar-refractivity contribution is 0.0903. The molecular weight excluding hydrogens is 482 g/mol. The fraction of sp³-hybridized carbons (Fsp3) is 0.655. The van der Waals surface area contributed by atoms with E-state index in [0.717, 1.165) is 87.3 Å². The first-order valence-electron chi connectivity index (χ1n) is 14.0. The Kier molecular flexibility index (Phi) is 6.78. The molecule has 0 aliphatic carbocycles. The highest BCUT2D eigenvalue weighted by Crippen LogP contribution is 2.45. The number of anilines is 3. The third kappa shape index (κ3) is 4.92. The lowest BCUT2D eigenvalue weighted by atomic mass is 9.79. The number of benzene rings is 1. The predicted octanol–water partition coefficient (Wildman–Crippen LogP) is 4.48. The number of hydrogen-bond donors (Lipinski definition) is 1. The van der Waals surface area contributed by atoms with E-state index >= 15 is 0 Å². The maximum absolute atomic E-state index is 12.8. The maximum atomic E-state index is 12.8. The lowest BCUT2D eigenvalue weighted by Gasteiger charge is -2.35. The van der Waals surface area contributed by atoms with E-state index in [9.17, 15) is 4.55 Å². The van der Waals surface area contributed by atoms with Crippen molar-refractivity contribution < 1.29 is 9.29 Å². The minimum absolute atomic E-state index is 0.162. The monoisotopic (exact) mass is 523 g/mol. The number of hydrogen-bond acceptors (Lipinski definition) is 7. The molecule has 2 unspecified atom stereocenters. The number of ether oxygens (including phenoxy) is 1. The van der Waals surface area contributed by atoms with Crippen LogP contribution in [0.2, 0.25) is 0 Å². The highest BCUT2D eigenvalue weighted by atomic mass is 32.2. The fourth-order valence-corrected chi connectivity index (χ4v) is 7.83. The molecule has 4 aliphatic rings. The van der Waals surface area contributed by atoms with Crippen LogP contribution >= 0.6 is 0 Å². The first-order valence-corrected chi connectivity index (χ1v) is 15.3. The van der Waals surface area contributed by atoms with Gasteiger partial charge in [-0.15, -0.1) is 0 Å². The molecule has 0 bridgehead atoms. The van der Waals surface area contributed by atoms with Crippen molar-refractivity contribution in [3.05, 3.63) is 35.0 Å². The van der Waals surface area contributed by atoms with Crippen molar-refractivity contribution in [1.82, 2.24) is 9.97 Å². The Balaban J connectivity index is 1.19. The van der Waals surface area contributed by atoms with Crippen LogP contribution in [0.3, 0.4) is 0 Å². The van der Waals surface area contributed by atoms with E-state index in [1.54, 1.807) is 0 Å². The van der Waals surface area contributed by atoms with Crippen molar-refractivity contribution >= 4 is 28.6 Å². The van der Waals surface area contributed by atoms with Gasteiger partial charge in [0.15, 0.2) is 5.82 Å². The predicted molar refractivity (Wildman–Crippen MR) is 151 cm³/mol. The van der Waals surface area contributed by atoms with Gasteiger partial charge in [0.2, 0.25) is 10.8 Å². The second-order valence-corrected chi connectivity index (χ2v) is 13.8. The third-order valence-electron chi connectivity index (χ3n) is 8.80. The smallest absolute Gasteiger partial charge is 0.227 e. The van der Waals surface area contributed by atoms with Gasteiger partial charge in [0.1, 0.15) is 11.4 Å². The molecule has 1 aromatic carbocycles. The molecule has 4 aliphatic heterocycles. The number of rotatable bonds is 4. The molecule has 0 spiro atoms. The standard InChI is InChI=1S/C29H41N5O2S/c1-29(2,3)20-5-6-25-22(17-20)23(18-33(25)4)19-7-12-34(13-8-19)28-31-24-11-16-37(35)26(24)27(32-28)30-21-9-14-36-15-10-21/h5-6,17,19,21,23H,7-16,18H2,1-4H3,(H,30,31,32). The Morgan fingerprint density at radius 1 is 1.08 bits per heavy atom.